The first kappa shape index (κ1) is 13.1. The van der Waals surface area contributed by atoms with E-state index in [0.717, 1.165) is 12.8 Å². The molecule has 2 rings (SSSR count). The zero-order valence-electron chi connectivity index (χ0n) is 9.48. The maximum Gasteiger partial charge on any atom is 0.356 e. The van der Waals surface area contributed by atoms with Gasteiger partial charge in [-0.25, -0.2) is 4.79 Å². The molecule has 18 heavy (non-hydrogen) atoms. The van der Waals surface area contributed by atoms with Crippen molar-refractivity contribution in [2.24, 2.45) is 5.92 Å². The Balaban J connectivity index is 2.10. The number of aliphatic carboxylic acids is 1. The molecule has 0 heterocycles. The van der Waals surface area contributed by atoms with Crippen molar-refractivity contribution in [1.29, 1.82) is 0 Å². The van der Waals surface area contributed by atoms with Crippen LogP contribution in [0.2, 0.25) is 0 Å². The number of carbonyl (C=O) groups is 1. The molecule has 4 N–H and O–H groups in total. The highest BCUT2D eigenvalue weighted by Gasteiger charge is 2.36. The molecule has 1 aliphatic rings. The summed E-state index contributed by atoms with van der Waals surface area (Å²) in [6.07, 6.45) is 1.79. The summed E-state index contributed by atoms with van der Waals surface area (Å²) in [7, 11) is -4.24. The first-order valence-electron chi connectivity index (χ1n) is 5.53. The largest absolute Gasteiger partial charge is 0.480 e. The number of benzene rings is 1. The van der Waals surface area contributed by atoms with Crippen LogP contribution >= 0.6 is 7.60 Å². The number of hydrogen-bond donors (Lipinski definition) is 4. The Kier molecular flexibility index (Phi) is 3.43. The van der Waals surface area contributed by atoms with Crippen molar-refractivity contribution in [2.75, 3.05) is 5.32 Å². The lowest BCUT2D eigenvalue weighted by Gasteiger charge is -2.15. The third-order valence-electron chi connectivity index (χ3n) is 2.89. The van der Waals surface area contributed by atoms with Gasteiger partial charge >= 0.3 is 13.6 Å². The average molecular weight is 271 g/mol. The van der Waals surface area contributed by atoms with Gasteiger partial charge in [0.2, 0.25) is 0 Å². The van der Waals surface area contributed by atoms with Crippen LogP contribution in [-0.2, 0) is 9.36 Å². The van der Waals surface area contributed by atoms with Gasteiger partial charge in [-0.1, -0.05) is 0 Å². The molecule has 1 aromatic carbocycles. The maximum atomic E-state index is 11.0. The van der Waals surface area contributed by atoms with Crippen LogP contribution in [-0.4, -0.2) is 26.9 Å². The summed E-state index contributed by atoms with van der Waals surface area (Å²) in [6.45, 7) is 0. The Morgan fingerprint density at radius 1 is 1.28 bits per heavy atom. The molecule has 0 bridgehead atoms. The second kappa shape index (κ2) is 4.72. The summed E-state index contributed by atoms with van der Waals surface area (Å²) in [5.41, 5.74) is 0.548. The first-order valence-corrected chi connectivity index (χ1v) is 7.14. The minimum Gasteiger partial charge on any atom is -0.480 e. The fourth-order valence-electron chi connectivity index (χ4n) is 1.74. The highest BCUT2D eigenvalue weighted by molar-refractivity contribution is 7.60. The van der Waals surface area contributed by atoms with E-state index in [4.69, 9.17) is 14.9 Å². The third-order valence-corrected chi connectivity index (χ3v) is 3.86. The summed E-state index contributed by atoms with van der Waals surface area (Å²) in [6, 6.07) is 4.93. The Bertz CT molecular complexity index is 491. The Morgan fingerprint density at radius 3 is 2.22 bits per heavy atom. The van der Waals surface area contributed by atoms with Gasteiger partial charge in [0.1, 0.15) is 6.04 Å². The molecular weight excluding hydrogens is 257 g/mol. The molecule has 0 aliphatic heterocycles. The number of carboxylic acids is 1. The summed E-state index contributed by atoms with van der Waals surface area (Å²) in [5, 5.41) is 11.8. The lowest BCUT2D eigenvalue weighted by atomic mass is 10.1. The number of hydrogen-bond acceptors (Lipinski definition) is 3. The van der Waals surface area contributed by atoms with E-state index in [-0.39, 0.29) is 11.2 Å². The number of rotatable bonds is 5. The van der Waals surface area contributed by atoms with E-state index in [1.807, 2.05) is 0 Å². The van der Waals surface area contributed by atoms with E-state index >= 15 is 0 Å². The molecule has 1 aromatic rings. The van der Waals surface area contributed by atoms with Gasteiger partial charge in [-0.05, 0) is 43.0 Å². The van der Waals surface area contributed by atoms with E-state index in [1.54, 1.807) is 0 Å². The summed E-state index contributed by atoms with van der Waals surface area (Å²) in [4.78, 5) is 28.9. The van der Waals surface area contributed by atoms with Gasteiger partial charge in [0.05, 0.1) is 5.30 Å². The van der Waals surface area contributed by atoms with Crippen LogP contribution in [0.4, 0.5) is 5.69 Å². The van der Waals surface area contributed by atoms with Crippen LogP contribution in [0.25, 0.3) is 0 Å². The van der Waals surface area contributed by atoms with Crippen molar-refractivity contribution >= 4 is 24.6 Å². The molecule has 0 unspecified atom stereocenters. The zero-order chi connectivity index (χ0) is 13.3. The van der Waals surface area contributed by atoms with E-state index in [1.165, 1.54) is 24.3 Å². The highest BCUT2D eigenvalue weighted by atomic mass is 31.2. The van der Waals surface area contributed by atoms with Gasteiger partial charge in [-0.2, -0.15) is 0 Å². The van der Waals surface area contributed by atoms with Crippen LogP contribution in [0.3, 0.4) is 0 Å². The second-order valence-corrected chi connectivity index (χ2v) is 5.99. The molecule has 1 aliphatic carbocycles. The monoisotopic (exact) mass is 271 g/mol. The lowest BCUT2D eigenvalue weighted by molar-refractivity contribution is -0.138. The van der Waals surface area contributed by atoms with E-state index in [2.05, 4.69) is 5.32 Å². The van der Waals surface area contributed by atoms with Gasteiger partial charge in [0.15, 0.2) is 0 Å². The standard InChI is InChI=1S/C11H14NO5P/c13-11(14)10(7-1-2-7)12-8-3-5-9(6-4-8)18(15,16)17/h3-7,10,12H,1-2H2,(H,13,14)(H2,15,16,17)/t10-/m0/s1. The van der Waals surface area contributed by atoms with Gasteiger partial charge in [0.25, 0.3) is 0 Å². The molecule has 0 saturated heterocycles. The molecule has 98 valence electrons. The predicted molar refractivity (Wildman–Crippen MR) is 65.9 cm³/mol. The van der Waals surface area contributed by atoms with Crippen molar-refractivity contribution in [3.63, 3.8) is 0 Å². The lowest BCUT2D eigenvalue weighted by Crippen LogP contribution is -2.31. The van der Waals surface area contributed by atoms with Gasteiger partial charge in [-0.15, -0.1) is 0 Å². The fourth-order valence-corrected chi connectivity index (χ4v) is 2.28. The van der Waals surface area contributed by atoms with Crippen LogP contribution in [0.5, 0.6) is 0 Å². The molecular formula is C11H14NO5P. The van der Waals surface area contributed by atoms with Crippen LogP contribution in [0, 0.1) is 5.92 Å². The molecule has 0 spiro atoms. The summed E-state index contributed by atoms with van der Waals surface area (Å²) < 4.78 is 11.0. The van der Waals surface area contributed by atoms with Crippen LogP contribution < -0.4 is 10.6 Å². The normalized spacial score (nSPS) is 17.2. The SMILES string of the molecule is O=C(O)[C@@H](Nc1ccc(P(=O)(O)O)cc1)C1CC1. The van der Waals surface area contributed by atoms with Gasteiger partial charge in [0, 0.05) is 5.69 Å². The summed E-state index contributed by atoms with van der Waals surface area (Å²) in [5.74, 6) is -0.763. The van der Waals surface area contributed by atoms with Crippen molar-refractivity contribution in [3.05, 3.63) is 24.3 Å². The highest BCUT2D eigenvalue weighted by Crippen LogP contribution is 2.35. The maximum absolute atomic E-state index is 11.0. The molecule has 1 fully saturated rings. The van der Waals surface area contributed by atoms with Gasteiger partial charge < -0.3 is 20.2 Å². The minimum atomic E-state index is -4.24. The summed E-state index contributed by atoms with van der Waals surface area (Å²) >= 11 is 0. The quantitative estimate of drug-likeness (QED) is 0.589. The number of carboxylic acid groups (broad SMARTS) is 1. The third kappa shape index (κ3) is 3.10. The van der Waals surface area contributed by atoms with Crippen molar-refractivity contribution in [1.82, 2.24) is 0 Å². The molecule has 1 saturated carbocycles. The van der Waals surface area contributed by atoms with E-state index in [0.29, 0.717) is 5.69 Å². The van der Waals surface area contributed by atoms with Gasteiger partial charge in [-0.3, -0.25) is 4.57 Å². The van der Waals surface area contributed by atoms with E-state index in [9.17, 15) is 9.36 Å². The first-order chi connectivity index (χ1) is 8.38. The number of nitrogens with one attached hydrogen (secondary N) is 1. The van der Waals surface area contributed by atoms with Crippen LogP contribution in [0.1, 0.15) is 12.8 Å². The second-order valence-electron chi connectivity index (χ2n) is 4.39. The van der Waals surface area contributed by atoms with Crippen molar-refractivity contribution < 1.29 is 24.3 Å². The molecule has 0 aromatic heterocycles. The van der Waals surface area contributed by atoms with Crippen molar-refractivity contribution in [3.8, 4) is 0 Å². The molecule has 6 nitrogen and oxygen atoms in total. The fraction of sp³-hybridized carbons (Fsp3) is 0.364. The Hall–Kier alpha value is -1.36. The molecule has 0 radical (unpaired) electrons. The molecule has 7 heteroatoms. The van der Waals surface area contributed by atoms with E-state index < -0.39 is 19.6 Å². The average Bonchev–Trinajstić information content (AvgIpc) is 3.08. The molecule has 0 amide bonds. The predicted octanol–water partition coefficient (Wildman–Crippen LogP) is 0.765. The zero-order valence-corrected chi connectivity index (χ0v) is 10.4. The minimum absolute atomic E-state index is 0.0775. The molecule has 1 atom stereocenters. The van der Waals surface area contributed by atoms with Crippen LogP contribution in [0.15, 0.2) is 24.3 Å². The Morgan fingerprint density at radius 2 is 1.83 bits per heavy atom. The smallest absolute Gasteiger partial charge is 0.356 e. The Labute approximate surface area is 104 Å². The number of anilines is 1. The van der Waals surface area contributed by atoms with Crippen molar-refractivity contribution in [2.45, 2.75) is 18.9 Å². The topological polar surface area (TPSA) is 107 Å².